The van der Waals surface area contributed by atoms with Crippen molar-refractivity contribution in [3.8, 4) is 5.75 Å². The number of anilines is 2. The molecule has 2 aromatic carbocycles. The van der Waals surface area contributed by atoms with Gasteiger partial charge >= 0.3 is 0 Å². The van der Waals surface area contributed by atoms with Gasteiger partial charge in [0.1, 0.15) is 5.75 Å². The van der Waals surface area contributed by atoms with Crippen LogP contribution in [0.5, 0.6) is 5.75 Å². The van der Waals surface area contributed by atoms with Gasteiger partial charge in [-0.2, -0.15) is 0 Å². The van der Waals surface area contributed by atoms with Gasteiger partial charge in [-0.25, -0.2) is 0 Å². The number of aliphatic imine (C=N–C) groups is 1. The second-order valence-electron chi connectivity index (χ2n) is 5.03. The fourth-order valence-electron chi connectivity index (χ4n) is 2.14. The standard InChI is InChI=1S/C18H21N3O2/c1-13(19-2)21(3)15-11-9-14(10-12-15)20-18(22)16-7-5-6-8-17(16)23-4/h5-12H,1-4H3,(H,20,22). The smallest absolute Gasteiger partial charge is 0.259 e. The summed E-state index contributed by atoms with van der Waals surface area (Å²) < 4.78 is 5.21. The summed E-state index contributed by atoms with van der Waals surface area (Å²) in [6.45, 7) is 1.94. The van der Waals surface area contributed by atoms with Gasteiger partial charge in [-0.3, -0.25) is 9.79 Å². The Bertz CT molecular complexity index is 708. The molecule has 0 aliphatic heterocycles. The van der Waals surface area contributed by atoms with Crippen LogP contribution in [-0.4, -0.2) is 32.9 Å². The molecule has 0 unspecified atom stereocenters. The molecule has 5 heteroatoms. The molecule has 0 aliphatic rings. The Kier molecular flexibility index (Phi) is 5.36. The third-order valence-corrected chi connectivity index (χ3v) is 3.67. The zero-order valence-electron chi connectivity index (χ0n) is 13.8. The second-order valence-corrected chi connectivity index (χ2v) is 5.03. The van der Waals surface area contributed by atoms with Crippen molar-refractivity contribution < 1.29 is 9.53 Å². The van der Waals surface area contributed by atoms with E-state index < -0.39 is 0 Å². The third-order valence-electron chi connectivity index (χ3n) is 3.67. The summed E-state index contributed by atoms with van der Waals surface area (Å²) in [6, 6.07) is 14.7. The molecule has 0 fully saturated rings. The predicted octanol–water partition coefficient (Wildman–Crippen LogP) is 3.43. The molecule has 5 nitrogen and oxygen atoms in total. The second kappa shape index (κ2) is 7.45. The maximum absolute atomic E-state index is 12.3. The Hall–Kier alpha value is -2.82. The van der Waals surface area contributed by atoms with Crippen LogP contribution in [0.15, 0.2) is 53.5 Å². The van der Waals surface area contributed by atoms with Crippen LogP contribution >= 0.6 is 0 Å². The number of methoxy groups -OCH3 is 1. The molecule has 120 valence electrons. The molecule has 1 amide bonds. The van der Waals surface area contributed by atoms with Crippen LogP contribution in [0.1, 0.15) is 17.3 Å². The monoisotopic (exact) mass is 311 g/mol. The van der Waals surface area contributed by atoms with E-state index in [9.17, 15) is 4.79 Å². The number of ether oxygens (including phenoxy) is 1. The zero-order chi connectivity index (χ0) is 16.8. The molecule has 23 heavy (non-hydrogen) atoms. The van der Waals surface area contributed by atoms with E-state index in [1.54, 1.807) is 26.3 Å². The molecular weight excluding hydrogens is 290 g/mol. The molecule has 0 spiro atoms. The van der Waals surface area contributed by atoms with Crippen molar-refractivity contribution in [2.24, 2.45) is 4.99 Å². The van der Waals surface area contributed by atoms with Crippen molar-refractivity contribution in [2.45, 2.75) is 6.92 Å². The number of amidine groups is 1. The van der Waals surface area contributed by atoms with Crippen LogP contribution in [0, 0.1) is 0 Å². The first kappa shape index (κ1) is 16.5. The molecule has 0 saturated carbocycles. The van der Waals surface area contributed by atoms with Crippen LogP contribution in [-0.2, 0) is 0 Å². The summed E-state index contributed by atoms with van der Waals surface area (Å²) in [5.74, 6) is 1.27. The van der Waals surface area contributed by atoms with E-state index in [1.165, 1.54) is 0 Å². The summed E-state index contributed by atoms with van der Waals surface area (Å²) in [6.07, 6.45) is 0. The van der Waals surface area contributed by atoms with Gasteiger partial charge in [0, 0.05) is 25.5 Å². The molecule has 2 aromatic rings. The SMILES string of the molecule is CN=C(C)N(C)c1ccc(NC(=O)c2ccccc2OC)cc1. The number of nitrogens with zero attached hydrogens (tertiary/aromatic N) is 2. The zero-order valence-corrected chi connectivity index (χ0v) is 13.8. The van der Waals surface area contributed by atoms with Crippen LogP contribution in [0.25, 0.3) is 0 Å². The van der Waals surface area contributed by atoms with Gasteiger partial charge in [0.05, 0.1) is 18.5 Å². The summed E-state index contributed by atoms with van der Waals surface area (Å²) in [4.78, 5) is 18.5. The molecule has 2 rings (SSSR count). The van der Waals surface area contributed by atoms with Crippen LogP contribution in [0.2, 0.25) is 0 Å². The highest BCUT2D eigenvalue weighted by Gasteiger charge is 2.11. The minimum Gasteiger partial charge on any atom is -0.496 e. The van der Waals surface area contributed by atoms with Gasteiger partial charge in [-0.1, -0.05) is 12.1 Å². The average molecular weight is 311 g/mol. The number of nitrogens with one attached hydrogen (secondary N) is 1. The number of carbonyl (C=O) groups is 1. The highest BCUT2D eigenvalue weighted by molar-refractivity contribution is 6.06. The average Bonchev–Trinajstić information content (AvgIpc) is 2.60. The first-order valence-electron chi connectivity index (χ1n) is 7.28. The van der Waals surface area contributed by atoms with E-state index in [0.29, 0.717) is 11.3 Å². The largest absolute Gasteiger partial charge is 0.496 e. The van der Waals surface area contributed by atoms with Crippen molar-refractivity contribution in [3.63, 3.8) is 0 Å². The molecule has 1 N–H and O–H groups in total. The molecular formula is C18H21N3O2. The lowest BCUT2D eigenvalue weighted by Gasteiger charge is -2.18. The summed E-state index contributed by atoms with van der Waals surface area (Å²) >= 11 is 0. The lowest BCUT2D eigenvalue weighted by molar-refractivity contribution is 0.102. The molecule has 0 aromatic heterocycles. The van der Waals surface area contributed by atoms with Crippen LogP contribution in [0.4, 0.5) is 11.4 Å². The number of para-hydroxylation sites is 1. The van der Waals surface area contributed by atoms with E-state index in [1.807, 2.05) is 55.3 Å². The highest BCUT2D eigenvalue weighted by Crippen LogP contribution is 2.21. The van der Waals surface area contributed by atoms with Gasteiger partial charge in [0.15, 0.2) is 0 Å². The number of hydrogen-bond acceptors (Lipinski definition) is 3. The molecule has 0 aliphatic carbocycles. The number of amides is 1. The van der Waals surface area contributed by atoms with Crippen molar-refractivity contribution in [1.29, 1.82) is 0 Å². The van der Waals surface area contributed by atoms with Crippen molar-refractivity contribution in [2.75, 3.05) is 31.4 Å². The highest BCUT2D eigenvalue weighted by atomic mass is 16.5. The Morgan fingerprint density at radius 1 is 1.13 bits per heavy atom. The van der Waals surface area contributed by atoms with E-state index in [0.717, 1.165) is 17.2 Å². The van der Waals surface area contributed by atoms with Crippen molar-refractivity contribution in [1.82, 2.24) is 0 Å². The molecule has 0 heterocycles. The predicted molar refractivity (Wildman–Crippen MR) is 94.8 cm³/mol. The molecule has 0 radical (unpaired) electrons. The minimum atomic E-state index is -0.199. The Morgan fingerprint density at radius 2 is 1.78 bits per heavy atom. The molecule has 0 bridgehead atoms. The number of hydrogen-bond donors (Lipinski definition) is 1. The third kappa shape index (κ3) is 3.88. The quantitative estimate of drug-likeness (QED) is 0.695. The number of benzene rings is 2. The van der Waals surface area contributed by atoms with E-state index in [4.69, 9.17) is 4.74 Å². The Balaban J connectivity index is 2.13. The topological polar surface area (TPSA) is 53.9 Å². The van der Waals surface area contributed by atoms with E-state index >= 15 is 0 Å². The first-order valence-corrected chi connectivity index (χ1v) is 7.28. The maximum atomic E-state index is 12.3. The first-order chi connectivity index (χ1) is 11.1. The lowest BCUT2D eigenvalue weighted by Crippen LogP contribution is -2.23. The van der Waals surface area contributed by atoms with Crippen molar-refractivity contribution >= 4 is 23.1 Å². The van der Waals surface area contributed by atoms with Gasteiger partial charge < -0.3 is 15.0 Å². The van der Waals surface area contributed by atoms with Crippen LogP contribution < -0.4 is 15.0 Å². The van der Waals surface area contributed by atoms with Gasteiger partial charge in [-0.15, -0.1) is 0 Å². The van der Waals surface area contributed by atoms with Crippen LogP contribution in [0.3, 0.4) is 0 Å². The maximum Gasteiger partial charge on any atom is 0.259 e. The summed E-state index contributed by atoms with van der Waals surface area (Å²) in [5, 5.41) is 2.87. The fourth-order valence-corrected chi connectivity index (χ4v) is 2.14. The van der Waals surface area contributed by atoms with Crippen molar-refractivity contribution in [3.05, 3.63) is 54.1 Å². The molecule has 0 atom stereocenters. The Morgan fingerprint density at radius 3 is 2.39 bits per heavy atom. The van der Waals surface area contributed by atoms with E-state index in [-0.39, 0.29) is 5.91 Å². The summed E-state index contributed by atoms with van der Waals surface area (Å²) in [7, 11) is 5.26. The lowest BCUT2D eigenvalue weighted by atomic mass is 10.2. The Labute approximate surface area is 136 Å². The van der Waals surface area contributed by atoms with Gasteiger partial charge in [0.2, 0.25) is 0 Å². The fraction of sp³-hybridized carbons (Fsp3) is 0.222. The number of carbonyl (C=O) groups excluding carboxylic acids is 1. The molecule has 0 saturated heterocycles. The number of rotatable bonds is 4. The normalized spacial score (nSPS) is 11.0. The van der Waals surface area contributed by atoms with Gasteiger partial charge in [-0.05, 0) is 43.3 Å². The minimum absolute atomic E-state index is 0.199. The van der Waals surface area contributed by atoms with Gasteiger partial charge in [0.25, 0.3) is 5.91 Å². The van der Waals surface area contributed by atoms with E-state index in [2.05, 4.69) is 10.3 Å². The summed E-state index contributed by atoms with van der Waals surface area (Å²) in [5.41, 5.74) is 2.23.